The van der Waals surface area contributed by atoms with Crippen LogP contribution in [0.1, 0.15) is 5.56 Å². The SMILES string of the molecule is O=C(O)C(=O)N1C=CC=Cc2ccccc21. The highest BCUT2D eigenvalue weighted by atomic mass is 16.4. The third-order valence-electron chi connectivity index (χ3n) is 2.22. The van der Waals surface area contributed by atoms with Crippen molar-refractivity contribution in [1.82, 2.24) is 0 Å². The van der Waals surface area contributed by atoms with E-state index in [0.29, 0.717) is 5.69 Å². The van der Waals surface area contributed by atoms with Crippen LogP contribution < -0.4 is 4.90 Å². The van der Waals surface area contributed by atoms with Crippen LogP contribution in [-0.2, 0) is 9.59 Å². The number of rotatable bonds is 0. The van der Waals surface area contributed by atoms with Crippen LogP contribution in [0.25, 0.3) is 6.08 Å². The number of allylic oxidation sites excluding steroid dienone is 2. The normalized spacial score (nSPS) is 13.1. The van der Waals surface area contributed by atoms with Gasteiger partial charge in [-0.25, -0.2) is 4.79 Å². The Morgan fingerprint density at radius 1 is 1.12 bits per heavy atom. The maximum absolute atomic E-state index is 11.5. The Morgan fingerprint density at radius 3 is 2.62 bits per heavy atom. The fraction of sp³-hybridized carbons (Fsp3) is 0. The Morgan fingerprint density at radius 2 is 1.88 bits per heavy atom. The number of carbonyl (C=O) groups is 2. The highest BCUT2D eigenvalue weighted by Gasteiger charge is 2.22. The largest absolute Gasteiger partial charge is 0.474 e. The molecule has 80 valence electrons. The van der Waals surface area contributed by atoms with E-state index in [4.69, 9.17) is 5.11 Å². The number of amides is 1. The lowest BCUT2D eigenvalue weighted by Crippen LogP contribution is -2.32. The van der Waals surface area contributed by atoms with Gasteiger partial charge in [0.25, 0.3) is 0 Å². The van der Waals surface area contributed by atoms with Gasteiger partial charge in [-0.05, 0) is 17.7 Å². The van der Waals surface area contributed by atoms with Gasteiger partial charge in [-0.1, -0.05) is 30.4 Å². The fourth-order valence-electron chi connectivity index (χ4n) is 1.50. The summed E-state index contributed by atoms with van der Waals surface area (Å²) in [6.45, 7) is 0. The number of anilines is 1. The van der Waals surface area contributed by atoms with Gasteiger partial charge in [0.05, 0.1) is 5.69 Å². The average Bonchev–Trinajstić information content (AvgIpc) is 2.50. The summed E-state index contributed by atoms with van der Waals surface area (Å²) in [7, 11) is 0. The number of nitrogens with zero attached hydrogens (tertiary/aromatic N) is 1. The molecular weight excluding hydrogens is 206 g/mol. The summed E-state index contributed by atoms with van der Waals surface area (Å²) < 4.78 is 0. The fourth-order valence-corrected chi connectivity index (χ4v) is 1.50. The summed E-state index contributed by atoms with van der Waals surface area (Å²) in [4.78, 5) is 23.3. The Hall–Kier alpha value is -2.36. The number of hydrogen-bond donors (Lipinski definition) is 1. The first-order valence-electron chi connectivity index (χ1n) is 4.70. The van der Waals surface area contributed by atoms with Crippen molar-refractivity contribution < 1.29 is 14.7 Å². The number of carboxylic acids is 1. The molecule has 1 aromatic rings. The molecule has 0 aromatic heterocycles. The first-order valence-corrected chi connectivity index (χ1v) is 4.70. The molecule has 0 spiro atoms. The standard InChI is InChI=1S/C12H9NO3/c14-11(12(15)16)13-8-4-3-6-9-5-1-2-7-10(9)13/h1-8H,(H,15,16). The number of carbonyl (C=O) groups excluding carboxylic acids is 1. The molecule has 1 aromatic carbocycles. The van der Waals surface area contributed by atoms with E-state index in [-0.39, 0.29) is 0 Å². The second-order valence-electron chi connectivity index (χ2n) is 3.24. The molecule has 0 bridgehead atoms. The van der Waals surface area contributed by atoms with Crippen LogP contribution in [0.5, 0.6) is 0 Å². The lowest BCUT2D eigenvalue weighted by atomic mass is 10.1. The van der Waals surface area contributed by atoms with Gasteiger partial charge >= 0.3 is 11.9 Å². The summed E-state index contributed by atoms with van der Waals surface area (Å²) in [6, 6.07) is 7.11. The van der Waals surface area contributed by atoms with Crippen molar-refractivity contribution in [1.29, 1.82) is 0 Å². The molecule has 4 heteroatoms. The molecule has 16 heavy (non-hydrogen) atoms. The van der Waals surface area contributed by atoms with Crippen LogP contribution in [0.4, 0.5) is 5.69 Å². The minimum absolute atomic E-state index is 0.569. The molecule has 0 atom stereocenters. The summed E-state index contributed by atoms with van der Waals surface area (Å²) in [5.41, 5.74) is 1.38. The van der Waals surface area contributed by atoms with Crippen LogP contribution in [0.15, 0.2) is 42.6 Å². The molecule has 0 aliphatic carbocycles. The number of aliphatic carboxylic acids is 1. The molecule has 0 saturated carbocycles. The maximum Gasteiger partial charge on any atom is 0.395 e. The molecule has 1 heterocycles. The summed E-state index contributed by atoms with van der Waals surface area (Å²) in [6.07, 6.45) is 6.65. The molecule has 0 unspecified atom stereocenters. The highest BCUT2D eigenvalue weighted by Crippen LogP contribution is 2.24. The molecule has 1 N–H and O–H groups in total. The predicted molar refractivity (Wildman–Crippen MR) is 59.7 cm³/mol. The van der Waals surface area contributed by atoms with Crippen molar-refractivity contribution >= 4 is 23.6 Å². The Labute approximate surface area is 92.1 Å². The zero-order valence-corrected chi connectivity index (χ0v) is 8.33. The van der Waals surface area contributed by atoms with E-state index in [0.717, 1.165) is 10.5 Å². The van der Waals surface area contributed by atoms with E-state index >= 15 is 0 Å². The molecule has 0 radical (unpaired) electrons. The zero-order chi connectivity index (χ0) is 11.5. The molecule has 1 aliphatic heterocycles. The summed E-state index contributed by atoms with van der Waals surface area (Å²) >= 11 is 0. The van der Waals surface area contributed by atoms with Gasteiger partial charge in [0.2, 0.25) is 0 Å². The molecule has 2 rings (SSSR count). The van der Waals surface area contributed by atoms with Crippen molar-refractivity contribution in [2.45, 2.75) is 0 Å². The van der Waals surface area contributed by atoms with E-state index < -0.39 is 11.9 Å². The minimum atomic E-state index is -1.47. The van der Waals surface area contributed by atoms with Gasteiger partial charge in [0.1, 0.15) is 0 Å². The van der Waals surface area contributed by atoms with Crippen molar-refractivity contribution in [3.05, 3.63) is 48.2 Å². The first-order chi connectivity index (χ1) is 7.70. The molecule has 0 fully saturated rings. The quantitative estimate of drug-likeness (QED) is 0.669. The van der Waals surface area contributed by atoms with Crippen LogP contribution >= 0.6 is 0 Å². The lowest BCUT2D eigenvalue weighted by molar-refractivity contribution is -0.148. The number of para-hydroxylation sites is 1. The number of hydrogen-bond acceptors (Lipinski definition) is 2. The van der Waals surface area contributed by atoms with Crippen LogP contribution in [0, 0.1) is 0 Å². The molecule has 1 aliphatic rings. The van der Waals surface area contributed by atoms with E-state index in [9.17, 15) is 9.59 Å². The van der Waals surface area contributed by atoms with Gasteiger partial charge in [-0.3, -0.25) is 9.69 Å². The van der Waals surface area contributed by atoms with Gasteiger partial charge in [-0.15, -0.1) is 0 Å². The molecule has 0 saturated heterocycles. The molecule has 1 amide bonds. The lowest BCUT2D eigenvalue weighted by Gasteiger charge is -2.17. The maximum atomic E-state index is 11.5. The third kappa shape index (κ3) is 1.72. The molecule has 4 nitrogen and oxygen atoms in total. The van der Waals surface area contributed by atoms with Gasteiger partial charge in [-0.2, -0.15) is 0 Å². The van der Waals surface area contributed by atoms with Crippen molar-refractivity contribution in [2.24, 2.45) is 0 Å². The topological polar surface area (TPSA) is 57.6 Å². The zero-order valence-electron chi connectivity index (χ0n) is 8.33. The van der Waals surface area contributed by atoms with E-state index in [1.54, 1.807) is 24.3 Å². The highest BCUT2D eigenvalue weighted by molar-refractivity contribution is 6.38. The Balaban J connectivity index is 2.50. The van der Waals surface area contributed by atoms with Crippen molar-refractivity contribution in [3.63, 3.8) is 0 Å². The smallest absolute Gasteiger partial charge is 0.395 e. The number of carboxylic acid groups (broad SMARTS) is 1. The van der Waals surface area contributed by atoms with Gasteiger partial charge < -0.3 is 5.11 Å². The van der Waals surface area contributed by atoms with Crippen molar-refractivity contribution in [3.8, 4) is 0 Å². The molecular formula is C12H9NO3. The van der Waals surface area contributed by atoms with Crippen LogP contribution in [0.3, 0.4) is 0 Å². The Kier molecular flexibility index (Phi) is 2.55. The van der Waals surface area contributed by atoms with E-state index in [1.807, 2.05) is 18.2 Å². The summed E-state index contributed by atoms with van der Waals surface area (Å²) in [5.74, 6) is -2.44. The van der Waals surface area contributed by atoms with Crippen LogP contribution in [-0.4, -0.2) is 17.0 Å². The monoisotopic (exact) mass is 215 g/mol. The number of benzene rings is 1. The van der Waals surface area contributed by atoms with Crippen molar-refractivity contribution in [2.75, 3.05) is 4.90 Å². The number of fused-ring (bicyclic) bond motifs is 1. The predicted octanol–water partition coefficient (Wildman–Crippen LogP) is 1.64. The van der Waals surface area contributed by atoms with Crippen LogP contribution in [0.2, 0.25) is 0 Å². The second-order valence-corrected chi connectivity index (χ2v) is 3.24. The second kappa shape index (κ2) is 4.02. The van der Waals surface area contributed by atoms with Gasteiger partial charge in [0, 0.05) is 6.20 Å². The first kappa shape index (κ1) is 10.2. The average molecular weight is 215 g/mol. The minimum Gasteiger partial charge on any atom is -0.474 e. The Bertz CT molecular complexity index is 503. The van der Waals surface area contributed by atoms with E-state index in [2.05, 4.69) is 0 Å². The van der Waals surface area contributed by atoms with E-state index in [1.165, 1.54) is 6.20 Å². The van der Waals surface area contributed by atoms with Gasteiger partial charge in [0.15, 0.2) is 0 Å². The summed E-state index contributed by atoms with van der Waals surface area (Å²) in [5, 5.41) is 8.71. The third-order valence-corrected chi connectivity index (χ3v) is 2.22.